The third kappa shape index (κ3) is 4.72. The summed E-state index contributed by atoms with van der Waals surface area (Å²) in [4.78, 5) is 15.8. The molecule has 2 aromatic rings. The largest absolute Gasteiger partial charge is 0.573 e. The van der Waals surface area contributed by atoms with Crippen LogP contribution in [0.15, 0.2) is 18.2 Å². The van der Waals surface area contributed by atoms with Gasteiger partial charge in [0.15, 0.2) is 5.13 Å². The van der Waals surface area contributed by atoms with E-state index in [1.165, 1.54) is 26.0 Å². The van der Waals surface area contributed by atoms with E-state index in [-0.39, 0.29) is 23.3 Å². The van der Waals surface area contributed by atoms with Crippen molar-refractivity contribution >= 4 is 45.0 Å². The zero-order valence-electron chi connectivity index (χ0n) is 11.5. The molecular weight excluding hydrogens is 343 g/mol. The maximum absolute atomic E-state index is 12.1. The highest BCUT2D eigenvalue weighted by Gasteiger charge is 2.31. The van der Waals surface area contributed by atoms with Crippen molar-refractivity contribution in [3.8, 4) is 5.75 Å². The van der Waals surface area contributed by atoms with E-state index in [1.54, 1.807) is 0 Å². The fraction of sp³-hybridized carbons (Fsp3) is 0.333. The van der Waals surface area contributed by atoms with Gasteiger partial charge in [0.2, 0.25) is 5.91 Å². The van der Waals surface area contributed by atoms with Gasteiger partial charge in [0.1, 0.15) is 5.75 Å². The first kappa shape index (κ1) is 18.5. The lowest BCUT2D eigenvalue weighted by Gasteiger charge is -2.15. The Morgan fingerprint density at radius 3 is 2.55 bits per heavy atom. The minimum atomic E-state index is -4.75. The van der Waals surface area contributed by atoms with Crippen LogP contribution in [-0.2, 0) is 4.79 Å². The van der Waals surface area contributed by atoms with E-state index in [4.69, 9.17) is 5.73 Å². The Morgan fingerprint density at radius 1 is 1.36 bits per heavy atom. The lowest BCUT2D eigenvalue weighted by molar-refractivity contribution is -0.274. The van der Waals surface area contributed by atoms with Crippen LogP contribution in [0.2, 0.25) is 0 Å². The monoisotopic (exact) mass is 355 g/mol. The second kappa shape index (κ2) is 6.27. The molecule has 1 amide bonds. The molecule has 0 saturated carbocycles. The first-order valence-electron chi connectivity index (χ1n) is 5.81. The quantitative estimate of drug-likeness (QED) is 0.885. The molecule has 0 aliphatic carbocycles. The lowest BCUT2D eigenvalue weighted by atomic mass is 10.1. The molecule has 0 radical (unpaired) electrons. The number of halogens is 4. The van der Waals surface area contributed by atoms with Crippen LogP contribution in [0.3, 0.4) is 0 Å². The Bertz CT molecular complexity index is 682. The van der Waals surface area contributed by atoms with Crippen LogP contribution in [0, 0.1) is 0 Å². The van der Waals surface area contributed by atoms with Gasteiger partial charge in [-0.3, -0.25) is 4.79 Å². The normalized spacial score (nSPS) is 11.9. The molecule has 0 atom stereocenters. The van der Waals surface area contributed by atoms with Gasteiger partial charge in [0.05, 0.1) is 15.8 Å². The van der Waals surface area contributed by atoms with Crippen LogP contribution >= 0.6 is 23.7 Å². The minimum Gasteiger partial charge on any atom is -0.406 e. The number of alkyl halides is 3. The predicted octanol–water partition coefficient (Wildman–Crippen LogP) is 3.29. The fourth-order valence-electron chi connectivity index (χ4n) is 1.41. The molecule has 0 aliphatic heterocycles. The van der Waals surface area contributed by atoms with Crippen molar-refractivity contribution in [1.29, 1.82) is 0 Å². The first-order chi connectivity index (χ1) is 9.54. The number of amides is 1. The van der Waals surface area contributed by atoms with Crippen LogP contribution in [0.25, 0.3) is 10.2 Å². The highest BCUT2D eigenvalue weighted by Crippen LogP contribution is 2.31. The van der Waals surface area contributed by atoms with Gasteiger partial charge >= 0.3 is 6.36 Å². The van der Waals surface area contributed by atoms with E-state index in [2.05, 4.69) is 15.0 Å². The molecule has 3 N–H and O–H groups in total. The van der Waals surface area contributed by atoms with Gasteiger partial charge in [-0.05, 0) is 26.0 Å². The molecule has 0 saturated heterocycles. The predicted molar refractivity (Wildman–Crippen MR) is 80.4 cm³/mol. The first-order valence-corrected chi connectivity index (χ1v) is 6.63. The van der Waals surface area contributed by atoms with Crippen molar-refractivity contribution < 1.29 is 22.7 Å². The van der Waals surface area contributed by atoms with Crippen molar-refractivity contribution in [2.24, 2.45) is 5.73 Å². The molecule has 0 bridgehead atoms. The van der Waals surface area contributed by atoms with Crippen LogP contribution in [-0.4, -0.2) is 22.8 Å². The Hall–Kier alpha value is -1.58. The summed E-state index contributed by atoms with van der Waals surface area (Å²) in [6.45, 7) is 3.07. The number of hydrogen-bond donors (Lipinski definition) is 2. The molecule has 0 spiro atoms. The van der Waals surface area contributed by atoms with E-state index in [1.807, 2.05) is 0 Å². The number of anilines is 1. The molecular formula is C12H13ClF3N3O2S. The summed E-state index contributed by atoms with van der Waals surface area (Å²) in [7, 11) is 0. The summed E-state index contributed by atoms with van der Waals surface area (Å²) in [6.07, 6.45) is -4.75. The third-order valence-corrected chi connectivity index (χ3v) is 3.33. The Labute approximate surface area is 134 Å². The molecule has 22 heavy (non-hydrogen) atoms. The molecule has 1 aromatic heterocycles. The van der Waals surface area contributed by atoms with E-state index in [9.17, 15) is 18.0 Å². The summed E-state index contributed by atoms with van der Waals surface area (Å²) >= 11 is 1.04. The van der Waals surface area contributed by atoms with E-state index >= 15 is 0 Å². The average molecular weight is 356 g/mol. The molecule has 0 aliphatic rings. The van der Waals surface area contributed by atoms with E-state index in [0.29, 0.717) is 10.2 Å². The summed E-state index contributed by atoms with van der Waals surface area (Å²) in [5.74, 6) is -0.774. The number of aromatic nitrogens is 1. The summed E-state index contributed by atoms with van der Waals surface area (Å²) in [6, 6.07) is 3.76. The second-order valence-electron chi connectivity index (χ2n) is 4.87. The van der Waals surface area contributed by atoms with Crippen LogP contribution in [0.4, 0.5) is 18.3 Å². The van der Waals surface area contributed by atoms with Gasteiger partial charge in [-0.1, -0.05) is 11.3 Å². The molecule has 1 aromatic carbocycles. The number of nitrogens with two attached hydrogens (primary N) is 1. The zero-order chi connectivity index (χ0) is 15.8. The minimum absolute atomic E-state index is 0. The zero-order valence-corrected chi connectivity index (χ0v) is 13.2. The van der Waals surface area contributed by atoms with Gasteiger partial charge in [0, 0.05) is 6.07 Å². The Balaban J connectivity index is 0.00000242. The van der Waals surface area contributed by atoms with Crippen molar-refractivity contribution in [3.05, 3.63) is 18.2 Å². The Morgan fingerprint density at radius 2 is 2.00 bits per heavy atom. The molecule has 0 fully saturated rings. The number of rotatable bonds is 3. The van der Waals surface area contributed by atoms with Gasteiger partial charge in [-0.15, -0.1) is 25.6 Å². The number of thiazole rings is 1. The van der Waals surface area contributed by atoms with Crippen molar-refractivity contribution in [1.82, 2.24) is 4.98 Å². The van der Waals surface area contributed by atoms with Gasteiger partial charge in [-0.2, -0.15) is 0 Å². The van der Waals surface area contributed by atoms with Crippen LogP contribution in [0.5, 0.6) is 5.75 Å². The molecule has 122 valence electrons. The lowest BCUT2D eigenvalue weighted by Crippen LogP contribution is -2.45. The van der Waals surface area contributed by atoms with Gasteiger partial charge in [-0.25, -0.2) is 4.98 Å². The summed E-state index contributed by atoms with van der Waals surface area (Å²) in [5.41, 5.74) is 5.01. The number of hydrogen-bond acceptors (Lipinski definition) is 5. The molecule has 10 heteroatoms. The summed E-state index contributed by atoms with van der Waals surface area (Å²) in [5, 5.41) is 2.78. The molecule has 5 nitrogen and oxygen atoms in total. The van der Waals surface area contributed by atoms with Crippen molar-refractivity contribution in [2.45, 2.75) is 25.7 Å². The standard InChI is InChI=1S/C12H12F3N3O2S.ClH/c1-11(2,16)9(19)18-10-17-7-4-3-6(5-8(7)21-10)20-12(13,14)15;/h3-5H,16H2,1-2H3,(H,17,18,19);1H. The SMILES string of the molecule is CC(C)(N)C(=O)Nc1nc2ccc(OC(F)(F)F)cc2s1.Cl. The van der Waals surface area contributed by atoms with Crippen LogP contribution in [0.1, 0.15) is 13.8 Å². The van der Waals surface area contributed by atoms with Gasteiger partial charge in [0.25, 0.3) is 0 Å². The number of carbonyl (C=O) groups excluding carboxylic acids is 1. The molecule has 0 unspecified atom stereocenters. The maximum atomic E-state index is 12.1. The number of carbonyl (C=O) groups is 1. The van der Waals surface area contributed by atoms with Crippen LogP contribution < -0.4 is 15.8 Å². The van der Waals surface area contributed by atoms with E-state index < -0.39 is 17.8 Å². The number of nitrogens with one attached hydrogen (secondary N) is 1. The molecule has 1 heterocycles. The fourth-order valence-corrected chi connectivity index (χ4v) is 2.30. The maximum Gasteiger partial charge on any atom is 0.573 e. The second-order valence-corrected chi connectivity index (χ2v) is 5.90. The molecule has 2 rings (SSSR count). The third-order valence-electron chi connectivity index (χ3n) is 2.40. The van der Waals surface area contributed by atoms with Gasteiger partial charge < -0.3 is 15.8 Å². The Kier molecular flexibility index (Phi) is 5.26. The average Bonchev–Trinajstić information content (AvgIpc) is 2.66. The van der Waals surface area contributed by atoms with Crippen molar-refractivity contribution in [2.75, 3.05) is 5.32 Å². The number of ether oxygens (including phenoxy) is 1. The smallest absolute Gasteiger partial charge is 0.406 e. The highest BCUT2D eigenvalue weighted by atomic mass is 35.5. The number of nitrogens with zero attached hydrogens (tertiary/aromatic N) is 1. The summed E-state index contributed by atoms with van der Waals surface area (Å²) < 4.78 is 40.7. The number of benzene rings is 1. The number of fused-ring (bicyclic) bond motifs is 1. The highest BCUT2D eigenvalue weighted by molar-refractivity contribution is 7.22. The van der Waals surface area contributed by atoms with Crippen molar-refractivity contribution in [3.63, 3.8) is 0 Å². The van der Waals surface area contributed by atoms with E-state index in [0.717, 1.165) is 17.4 Å². The topological polar surface area (TPSA) is 77.2 Å².